The minimum atomic E-state index is -0.137. The van der Waals surface area contributed by atoms with E-state index >= 15 is 0 Å². The predicted octanol–water partition coefficient (Wildman–Crippen LogP) is 3.16. The van der Waals surface area contributed by atoms with Crippen LogP contribution in [-0.4, -0.2) is 44.3 Å². The number of benzene rings is 1. The maximum absolute atomic E-state index is 14.9. The number of aryl methyl sites for hydroxylation is 1. The molecule has 122 valence electrons. The molecule has 0 amide bonds. The SMILES string of the molecule is Cc1ccc(Cl)c([C@H](C2CCOCC2)N2CCNCC2)c1F. The van der Waals surface area contributed by atoms with E-state index in [2.05, 4.69) is 10.2 Å². The molecule has 2 aliphatic heterocycles. The van der Waals surface area contributed by atoms with Gasteiger partial charge in [-0.05, 0) is 37.3 Å². The lowest BCUT2D eigenvalue weighted by molar-refractivity contribution is 0.0203. The summed E-state index contributed by atoms with van der Waals surface area (Å²) < 4.78 is 20.4. The molecule has 2 fully saturated rings. The first-order valence-electron chi connectivity index (χ1n) is 8.15. The summed E-state index contributed by atoms with van der Waals surface area (Å²) >= 11 is 6.42. The molecule has 1 aromatic carbocycles. The number of hydrogen-bond donors (Lipinski definition) is 1. The number of nitrogens with zero attached hydrogens (tertiary/aromatic N) is 1. The number of halogens is 2. The Kier molecular flexibility index (Phi) is 5.34. The first kappa shape index (κ1) is 16.2. The van der Waals surface area contributed by atoms with Crippen molar-refractivity contribution in [1.82, 2.24) is 10.2 Å². The molecule has 2 aliphatic rings. The first-order chi connectivity index (χ1) is 10.7. The average Bonchev–Trinajstić information content (AvgIpc) is 2.57. The van der Waals surface area contributed by atoms with Crippen molar-refractivity contribution in [3.63, 3.8) is 0 Å². The van der Waals surface area contributed by atoms with Gasteiger partial charge in [0.1, 0.15) is 5.82 Å². The second-order valence-corrected chi connectivity index (χ2v) is 6.68. The molecule has 22 heavy (non-hydrogen) atoms. The Morgan fingerprint density at radius 3 is 2.64 bits per heavy atom. The van der Waals surface area contributed by atoms with E-state index in [-0.39, 0.29) is 11.9 Å². The van der Waals surface area contributed by atoms with Gasteiger partial charge in [0.25, 0.3) is 0 Å². The van der Waals surface area contributed by atoms with Gasteiger partial charge in [0.05, 0.1) is 0 Å². The number of rotatable bonds is 3. The smallest absolute Gasteiger partial charge is 0.132 e. The largest absolute Gasteiger partial charge is 0.381 e. The van der Waals surface area contributed by atoms with Crippen molar-refractivity contribution in [2.45, 2.75) is 25.8 Å². The molecule has 0 aromatic heterocycles. The van der Waals surface area contributed by atoms with Gasteiger partial charge >= 0.3 is 0 Å². The lowest BCUT2D eigenvalue weighted by Gasteiger charge is -2.41. The summed E-state index contributed by atoms with van der Waals surface area (Å²) in [6, 6.07) is 3.66. The fourth-order valence-corrected chi connectivity index (χ4v) is 3.92. The van der Waals surface area contributed by atoms with E-state index in [0.717, 1.165) is 52.2 Å². The van der Waals surface area contributed by atoms with E-state index in [4.69, 9.17) is 16.3 Å². The highest BCUT2D eigenvalue weighted by atomic mass is 35.5. The van der Waals surface area contributed by atoms with Crippen molar-refractivity contribution in [3.8, 4) is 0 Å². The Morgan fingerprint density at radius 1 is 1.27 bits per heavy atom. The van der Waals surface area contributed by atoms with Crippen molar-refractivity contribution in [2.24, 2.45) is 5.92 Å². The molecule has 5 heteroatoms. The summed E-state index contributed by atoms with van der Waals surface area (Å²) in [5.74, 6) is 0.267. The van der Waals surface area contributed by atoms with Crippen molar-refractivity contribution < 1.29 is 9.13 Å². The van der Waals surface area contributed by atoms with E-state index in [1.165, 1.54) is 0 Å². The summed E-state index contributed by atoms with van der Waals surface area (Å²) in [6.07, 6.45) is 1.94. The lowest BCUT2D eigenvalue weighted by Crippen LogP contribution is -2.48. The van der Waals surface area contributed by atoms with Gasteiger partial charge in [0.15, 0.2) is 0 Å². The van der Waals surface area contributed by atoms with Crippen LogP contribution < -0.4 is 5.32 Å². The Labute approximate surface area is 136 Å². The molecule has 0 unspecified atom stereocenters. The molecular weight excluding hydrogens is 303 g/mol. The third-order valence-electron chi connectivity index (χ3n) is 4.87. The van der Waals surface area contributed by atoms with E-state index in [9.17, 15) is 4.39 Å². The van der Waals surface area contributed by atoms with Crippen LogP contribution in [0.3, 0.4) is 0 Å². The van der Waals surface area contributed by atoms with Gasteiger partial charge in [0, 0.05) is 56.0 Å². The zero-order valence-corrected chi connectivity index (χ0v) is 13.8. The molecule has 1 atom stereocenters. The number of nitrogens with one attached hydrogen (secondary N) is 1. The summed E-state index contributed by atoms with van der Waals surface area (Å²) in [6.45, 7) is 7.11. The number of hydrogen-bond acceptors (Lipinski definition) is 3. The fourth-order valence-electron chi connectivity index (χ4n) is 3.66. The summed E-state index contributed by atoms with van der Waals surface area (Å²) in [7, 11) is 0. The average molecular weight is 327 g/mol. The first-order valence-corrected chi connectivity index (χ1v) is 8.53. The Balaban J connectivity index is 1.98. The minimum absolute atomic E-state index is 0.0541. The second-order valence-electron chi connectivity index (χ2n) is 6.27. The minimum Gasteiger partial charge on any atom is -0.381 e. The summed E-state index contributed by atoms with van der Waals surface area (Å²) in [4.78, 5) is 2.40. The van der Waals surface area contributed by atoms with Crippen molar-refractivity contribution in [3.05, 3.63) is 34.1 Å². The van der Waals surface area contributed by atoms with Crippen molar-refractivity contribution >= 4 is 11.6 Å². The monoisotopic (exact) mass is 326 g/mol. The highest BCUT2D eigenvalue weighted by Crippen LogP contribution is 2.40. The van der Waals surface area contributed by atoms with Crippen molar-refractivity contribution in [1.29, 1.82) is 0 Å². The predicted molar refractivity (Wildman–Crippen MR) is 86.9 cm³/mol. The van der Waals surface area contributed by atoms with Crippen molar-refractivity contribution in [2.75, 3.05) is 39.4 Å². The molecule has 1 aromatic rings. The van der Waals surface area contributed by atoms with Gasteiger partial charge < -0.3 is 10.1 Å². The standard InChI is InChI=1S/C17H24ClFN2O/c1-12-2-3-14(18)15(16(12)19)17(13-4-10-22-11-5-13)21-8-6-20-7-9-21/h2-3,13,17,20H,4-11H2,1H3/t17-/m0/s1. The van der Waals surface area contributed by atoms with Gasteiger partial charge in [-0.15, -0.1) is 0 Å². The molecule has 0 saturated carbocycles. The van der Waals surface area contributed by atoms with Gasteiger partial charge in [-0.3, -0.25) is 4.90 Å². The molecule has 3 nitrogen and oxygen atoms in total. The lowest BCUT2D eigenvalue weighted by atomic mass is 9.84. The molecule has 0 bridgehead atoms. The molecular formula is C17H24ClFN2O. The van der Waals surface area contributed by atoms with Gasteiger partial charge in [-0.2, -0.15) is 0 Å². The van der Waals surface area contributed by atoms with Crippen LogP contribution in [0.4, 0.5) is 4.39 Å². The molecule has 1 N–H and O–H groups in total. The maximum atomic E-state index is 14.9. The molecule has 0 aliphatic carbocycles. The van der Waals surface area contributed by atoms with Crippen LogP contribution in [0.2, 0.25) is 5.02 Å². The Bertz CT molecular complexity index is 496. The third kappa shape index (κ3) is 3.30. The van der Waals surface area contributed by atoms with Crippen LogP contribution in [0.1, 0.15) is 30.0 Å². The Hall–Kier alpha value is -0.680. The van der Waals surface area contributed by atoms with Gasteiger partial charge in [-0.1, -0.05) is 17.7 Å². The van der Waals surface area contributed by atoms with E-state index in [0.29, 0.717) is 22.1 Å². The molecule has 3 rings (SSSR count). The van der Waals surface area contributed by atoms with Crippen LogP contribution in [0.25, 0.3) is 0 Å². The summed E-state index contributed by atoms with van der Waals surface area (Å²) in [5.41, 5.74) is 1.36. The van der Waals surface area contributed by atoms with Crippen LogP contribution in [0.5, 0.6) is 0 Å². The summed E-state index contributed by atoms with van der Waals surface area (Å²) in [5, 5.41) is 3.93. The van der Waals surface area contributed by atoms with E-state index < -0.39 is 0 Å². The molecule has 0 spiro atoms. The van der Waals surface area contributed by atoms with Crippen LogP contribution in [0, 0.1) is 18.7 Å². The number of ether oxygens (including phenoxy) is 1. The Morgan fingerprint density at radius 2 is 1.95 bits per heavy atom. The maximum Gasteiger partial charge on any atom is 0.132 e. The zero-order chi connectivity index (χ0) is 15.5. The van der Waals surface area contributed by atoms with Crippen LogP contribution in [0.15, 0.2) is 12.1 Å². The van der Waals surface area contributed by atoms with Gasteiger partial charge in [-0.25, -0.2) is 4.39 Å². The second kappa shape index (κ2) is 7.26. The van der Waals surface area contributed by atoms with Crippen LogP contribution in [-0.2, 0) is 4.74 Å². The van der Waals surface area contributed by atoms with E-state index in [1.807, 2.05) is 13.0 Å². The highest BCUT2D eigenvalue weighted by Gasteiger charge is 2.34. The van der Waals surface area contributed by atoms with Gasteiger partial charge in [0.2, 0.25) is 0 Å². The quantitative estimate of drug-likeness (QED) is 0.923. The fraction of sp³-hybridized carbons (Fsp3) is 0.647. The molecule has 0 radical (unpaired) electrons. The third-order valence-corrected chi connectivity index (χ3v) is 5.20. The highest BCUT2D eigenvalue weighted by molar-refractivity contribution is 6.31. The zero-order valence-electron chi connectivity index (χ0n) is 13.1. The normalized spacial score (nSPS) is 22.7. The van der Waals surface area contributed by atoms with Crippen LogP contribution >= 0.6 is 11.6 Å². The van der Waals surface area contributed by atoms with E-state index in [1.54, 1.807) is 6.07 Å². The molecule has 2 saturated heterocycles. The number of piperazine rings is 1. The topological polar surface area (TPSA) is 24.5 Å². The molecule has 2 heterocycles.